The number of aromatic nitrogens is 2. The molecule has 1 aliphatic carbocycles. The molecule has 102 valence electrons. The zero-order valence-corrected chi connectivity index (χ0v) is 12.4. The van der Waals surface area contributed by atoms with E-state index in [-0.39, 0.29) is 15.5 Å². The van der Waals surface area contributed by atoms with Gasteiger partial charge in [0.15, 0.2) is 5.82 Å². The molecule has 0 aromatic carbocycles. The van der Waals surface area contributed by atoms with E-state index in [1.165, 1.54) is 4.68 Å². The average Bonchev–Trinajstić information content (AvgIpc) is 3.01. The van der Waals surface area contributed by atoms with Gasteiger partial charge in [0.2, 0.25) is 10.0 Å². The van der Waals surface area contributed by atoms with Gasteiger partial charge in [0, 0.05) is 18.3 Å². The van der Waals surface area contributed by atoms with Crippen LogP contribution in [0.15, 0.2) is 4.90 Å². The molecule has 0 bridgehead atoms. The van der Waals surface area contributed by atoms with Crippen molar-refractivity contribution in [1.29, 1.82) is 0 Å². The van der Waals surface area contributed by atoms with Crippen molar-refractivity contribution < 1.29 is 8.42 Å². The van der Waals surface area contributed by atoms with Crippen molar-refractivity contribution in [2.45, 2.75) is 29.4 Å². The lowest BCUT2D eigenvalue weighted by atomic mass is 10.4. The van der Waals surface area contributed by atoms with Crippen LogP contribution in [0.3, 0.4) is 0 Å². The van der Waals surface area contributed by atoms with Crippen molar-refractivity contribution >= 4 is 27.6 Å². The van der Waals surface area contributed by atoms with Crippen LogP contribution >= 0.6 is 11.8 Å². The number of thioether (sulfide) groups is 1. The lowest BCUT2D eigenvalue weighted by Crippen LogP contribution is -2.32. The molecule has 6 nitrogen and oxygen atoms in total. The van der Waals surface area contributed by atoms with E-state index in [1.807, 2.05) is 6.26 Å². The van der Waals surface area contributed by atoms with Gasteiger partial charge >= 0.3 is 0 Å². The Morgan fingerprint density at radius 3 is 2.56 bits per heavy atom. The van der Waals surface area contributed by atoms with Gasteiger partial charge in [-0.15, -0.1) is 0 Å². The number of rotatable bonds is 5. The minimum Gasteiger partial charge on any atom is -0.381 e. The molecule has 0 aliphatic heterocycles. The van der Waals surface area contributed by atoms with Crippen LogP contribution in [-0.2, 0) is 17.1 Å². The van der Waals surface area contributed by atoms with Crippen LogP contribution in [0.4, 0.5) is 5.82 Å². The highest BCUT2D eigenvalue weighted by molar-refractivity contribution is 8.00. The number of nitrogens with zero attached hydrogens (tertiary/aromatic N) is 2. The number of aryl methyl sites for hydroxylation is 1. The van der Waals surface area contributed by atoms with E-state index in [1.54, 1.807) is 25.7 Å². The number of sulfonamides is 1. The number of hydrogen-bond donors (Lipinski definition) is 2. The number of anilines is 1. The molecule has 0 amide bonds. The molecule has 3 N–H and O–H groups in total. The predicted molar refractivity (Wildman–Crippen MR) is 73.0 cm³/mol. The zero-order valence-electron chi connectivity index (χ0n) is 10.7. The summed E-state index contributed by atoms with van der Waals surface area (Å²) in [4.78, 5) is 0.0990. The fourth-order valence-electron chi connectivity index (χ4n) is 1.84. The molecule has 18 heavy (non-hydrogen) atoms. The van der Waals surface area contributed by atoms with Gasteiger partial charge < -0.3 is 5.73 Å². The van der Waals surface area contributed by atoms with E-state index in [0.717, 1.165) is 12.8 Å². The normalized spacial score (nSPS) is 17.9. The molecular formula is C10H18N4O2S2. The molecule has 2 rings (SSSR count). The Morgan fingerprint density at radius 2 is 2.17 bits per heavy atom. The Bertz CT molecular complexity index is 561. The molecule has 1 fully saturated rings. The first kappa shape index (κ1) is 13.7. The van der Waals surface area contributed by atoms with Crippen molar-refractivity contribution in [3.8, 4) is 0 Å². The maximum Gasteiger partial charge on any atom is 0.246 e. The molecule has 0 atom stereocenters. The van der Waals surface area contributed by atoms with E-state index in [0.29, 0.717) is 12.2 Å². The van der Waals surface area contributed by atoms with Crippen molar-refractivity contribution in [3.63, 3.8) is 0 Å². The molecular weight excluding hydrogens is 272 g/mol. The second-order valence-corrected chi connectivity index (χ2v) is 7.61. The summed E-state index contributed by atoms with van der Waals surface area (Å²) in [6, 6.07) is 0. The van der Waals surface area contributed by atoms with Gasteiger partial charge in [-0.2, -0.15) is 16.9 Å². The summed E-state index contributed by atoms with van der Waals surface area (Å²) < 4.78 is 28.6. The van der Waals surface area contributed by atoms with Crippen molar-refractivity contribution in [3.05, 3.63) is 5.69 Å². The number of nitrogens with one attached hydrogen (secondary N) is 1. The van der Waals surface area contributed by atoms with Gasteiger partial charge in [-0.1, -0.05) is 0 Å². The zero-order chi connectivity index (χ0) is 13.6. The number of nitrogen functional groups attached to an aromatic ring is 1. The Morgan fingerprint density at radius 1 is 1.56 bits per heavy atom. The van der Waals surface area contributed by atoms with Gasteiger partial charge in [0.05, 0.1) is 5.69 Å². The first-order valence-corrected chi connectivity index (χ1v) is 8.36. The van der Waals surface area contributed by atoms with Crippen molar-refractivity contribution in [2.24, 2.45) is 7.05 Å². The van der Waals surface area contributed by atoms with E-state index in [4.69, 9.17) is 5.73 Å². The third-order valence-electron chi connectivity index (χ3n) is 3.40. The van der Waals surface area contributed by atoms with Gasteiger partial charge in [0.25, 0.3) is 0 Å². The Labute approximate surface area is 111 Å². The summed E-state index contributed by atoms with van der Waals surface area (Å²) in [5, 5.41) is 3.93. The van der Waals surface area contributed by atoms with E-state index in [2.05, 4.69) is 9.82 Å². The molecule has 1 aromatic heterocycles. The molecule has 1 saturated carbocycles. The van der Waals surface area contributed by atoms with Crippen LogP contribution in [-0.4, -0.2) is 35.7 Å². The first-order chi connectivity index (χ1) is 8.31. The second-order valence-electron chi connectivity index (χ2n) is 4.64. The highest BCUT2D eigenvalue weighted by Gasteiger charge is 2.43. The lowest BCUT2D eigenvalue weighted by molar-refractivity contribution is 0.579. The van der Waals surface area contributed by atoms with E-state index >= 15 is 0 Å². The van der Waals surface area contributed by atoms with Crippen molar-refractivity contribution in [1.82, 2.24) is 14.5 Å². The van der Waals surface area contributed by atoms with E-state index in [9.17, 15) is 8.42 Å². The average molecular weight is 290 g/mol. The Kier molecular flexibility index (Phi) is 3.37. The predicted octanol–water partition coefficient (Wildman–Crippen LogP) is 0.485. The molecule has 1 heterocycles. The maximum atomic E-state index is 12.2. The number of hydrogen-bond acceptors (Lipinski definition) is 5. The van der Waals surface area contributed by atoms with Gasteiger partial charge in [-0.3, -0.25) is 4.68 Å². The summed E-state index contributed by atoms with van der Waals surface area (Å²) >= 11 is 1.71. The van der Waals surface area contributed by atoms with Crippen LogP contribution < -0.4 is 10.5 Å². The van der Waals surface area contributed by atoms with Crippen molar-refractivity contribution in [2.75, 3.05) is 18.5 Å². The minimum absolute atomic E-state index is 0.0523. The SMILES string of the molecule is CSC1(CNS(=O)(=O)c2c(N)nn(C)c2C)CC1. The summed E-state index contributed by atoms with van der Waals surface area (Å²) in [5.41, 5.74) is 6.21. The van der Waals surface area contributed by atoms with Crippen LogP contribution in [0.1, 0.15) is 18.5 Å². The molecule has 0 saturated heterocycles. The smallest absolute Gasteiger partial charge is 0.246 e. The van der Waals surface area contributed by atoms with Crippen LogP contribution in [0.5, 0.6) is 0 Å². The van der Waals surface area contributed by atoms with Gasteiger partial charge in [-0.25, -0.2) is 13.1 Å². The summed E-state index contributed by atoms with van der Waals surface area (Å²) in [5.74, 6) is 0.0523. The van der Waals surface area contributed by atoms with Gasteiger partial charge in [0.1, 0.15) is 4.90 Å². The summed E-state index contributed by atoms with van der Waals surface area (Å²) in [6.45, 7) is 2.14. The minimum atomic E-state index is -3.58. The fourth-order valence-corrected chi connectivity index (χ4v) is 4.10. The maximum absolute atomic E-state index is 12.2. The molecule has 1 aromatic rings. The monoisotopic (exact) mass is 290 g/mol. The van der Waals surface area contributed by atoms with E-state index < -0.39 is 10.0 Å². The van der Waals surface area contributed by atoms with Gasteiger partial charge in [-0.05, 0) is 26.0 Å². The summed E-state index contributed by atoms with van der Waals surface area (Å²) in [7, 11) is -1.90. The molecule has 0 unspecified atom stereocenters. The largest absolute Gasteiger partial charge is 0.381 e. The quantitative estimate of drug-likeness (QED) is 0.823. The molecule has 1 aliphatic rings. The van der Waals surface area contributed by atoms with Crippen LogP contribution in [0.2, 0.25) is 0 Å². The lowest BCUT2D eigenvalue weighted by Gasteiger charge is -2.13. The highest BCUT2D eigenvalue weighted by atomic mass is 32.2. The number of nitrogens with two attached hydrogens (primary N) is 1. The highest BCUT2D eigenvalue weighted by Crippen LogP contribution is 2.46. The topological polar surface area (TPSA) is 90.0 Å². The Hall–Kier alpha value is -0.730. The molecule has 0 radical (unpaired) electrons. The molecule has 0 spiro atoms. The van der Waals surface area contributed by atoms with Crippen LogP contribution in [0.25, 0.3) is 0 Å². The second kappa shape index (κ2) is 4.43. The van der Waals surface area contributed by atoms with Crippen LogP contribution in [0, 0.1) is 6.92 Å². The fraction of sp³-hybridized carbons (Fsp3) is 0.700. The summed E-state index contributed by atoms with van der Waals surface area (Å²) in [6.07, 6.45) is 4.11. The third kappa shape index (κ3) is 2.36. The molecule has 8 heteroatoms. The Balaban J connectivity index is 2.21. The standard InChI is InChI=1S/C10H18N4O2S2/c1-7-8(9(11)13-14(7)2)18(15,16)12-6-10(17-3)4-5-10/h12H,4-6H2,1-3H3,(H2,11,13). The first-order valence-electron chi connectivity index (χ1n) is 5.65. The third-order valence-corrected chi connectivity index (χ3v) is 6.38.